The summed E-state index contributed by atoms with van der Waals surface area (Å²) in [5, 5.41) is 0. The van der Waals surface area contributed by atoms with Gasteiger partial charge in [0, 0.05) is 0 Å². The van der Waals surface area contributed by atoms with Crippen LogP contribution in [0.15, 0.2) is 0 Å². The van der Waals surface area contributed by atoms with E-state index in [9.17, 15) is 0 Å². The summed E-state index contributed by atoms with van der Waals surface area (Å²) in [4.78, 5) is 0. The summed E-state index contributed by atoms with van der Waals surface area (Å²) in [5.74, 6) is 0. The predicted molar refractivity (Wildman–Crippen MR) is 33.8 cm³/mol. The Kier molecular flexibility index (Phi) is 29.2. The summed E-state index contributed by atoms with van der Waals surface area (Å²) in [6, 6.07) is 0. The van der Waals surface area contributed by atoms with Crippen molar-refractivity contribution >= 4 is 0 Å². The van der Waals surface area contributed by atoms with Gasteiger partial charge in [-0.05, 0) is 0 Å². The quantitative estimate of drug-likeness (QED) is 0.331. The second kappa shape index (κ2) is 16.7. The number of hydrogen-bond acceptors (Lipinski definition) is 0. The van der Waals surface area contributed by atoms with Crippen LogP contribution in [0.25, 0.3) is 0 Å². The van der Waals surface area contributed by atoms with Crippen LogP contribution >= 0.6 is 0 Å². The third-order valence-corrected chi connectivity index (χ3v) is 0.948. The van der Waals surface area contributed by atoms with Crippen LogP contribution < -0.4 is 0 Å². The van der Waals surface area contributed by atoms with Crippen LogP contribution in [0, 0.1) is 12.8 Å². The molecule has 0 spiro atoms. The van der Waals surface area contributed by atoms with E-state index in [0.29, 0.717) is 0 Å². The van der Waals surface area contributed by atoms with Crippen molar-refractivity contribution in [1.29, 1.82) is 0 Å². The van der Waals surface area contributed by atoms with Crippen molar-refractivity contribution in [2.24, 2.45) is 0 Å². The van der Waals surface area contributed by atoms with Gasteiger partial charge in [0.2, 0.25) is 0 Å². The fourth-order valence-electron chi connectivity index (χ4n) is 0.489. The van der Waals surface area contributed by atoms with Gasteiger partial charge in [-0.1, -0.05) is 6.92 Å². The fourth-order valence-corrected chi connectivity index (χ4v) is 0.489. The summed E-state index contributed by atoms with van der Waals surface area (Å²) in [6.07, 6.45) is 8.22. The zero-order valence-corrected chi connectivity index (χ0v) is 19.5. The molecule has 0 aromatic carbocycles. The van der Waals surface area contributed by atoms with E-state index in [1.807, 2.05) is 0 Å². The van der Waals surface area contributed by atoms with Gasteiger partial charge in [-0.3, -0.25) is 0 Å². The molecule has 0 radical (unpaired) electrons. The number of unbranched alkanes of at least 4 members (excludes halogenated alkanes) is 4. The molecule has 0 heterocycles. The minimum absolute atomic E-state index is 0. The van der Waals surface area contributed by atoms with Gasteiger partial charge in [0.25, 0.3) is 0 Å². The third kappa shape index (κ3) is 24.0. The third-order valence-electron chi connectivity index (χ3n) is 0.948. The van der Waals surface area contributed by atoms with Crippen LogP contribution in [0.1, 0.15) is 33.1 Å². The van der Waals surface area contributed by atoms with E-state index in [4.69, 9.17) is 0 Å². The Morgan fingerprint density at radius 2 is 1.67 bits per heavy atom. The van der Waals surface area contributed by atoms with Crippen molar-refractivity contribution in [3.05, 3.63) is 12.8 Å². The first-order valence-corrected chi connectivity index (χ1v) is 3.01. The maximum Gasteiger partial charge on any atom is 0 e. The standard InChI is InChI=1S/C7H14.2Rf/c1-3-5-7-6-4-2;;/h3,6H,4-5,7H2,1-2H3;;/q-2;;. The minimum Gasteiger partial charge on any atom is -0.334 e. The average Bonchev–Trinajstić information content (AvgIpc) is 1.69. The molecule has 0 unspecified atom stereocenters. The Morgan fingerprint density at radius 3 is 2.00 bits per heavy atom. The van der Waals surface area contributed by atoms with E-state index in [2.05, 4.69) is 26.7 Å². The zero-order valence-electron chi connectivity index (χ0n) is 6.69. The summed E-state index contributed by atoms with van der Waals surface area (Å²) >= 11 is 0. The van der Waals surface area contributed by atoms with Crippen LogP contribution in [0.4, 0.5) is 0 Å². The molecular formula is C7H14Rf2-2. The molecule has 0 aliphatic heterocycles. The van der Waals surface area contributed by atoms with Gasteiger partial charge in [-0.15, -0.1) is 0 Å². The second-order valence-electron chi connectivity index (χ2n) is 1.68. The molecule has 0 nitrogen and oxygen atoms in total. The zero-order chi connectivity index (χ0) is 5.54. The average molecular weight is 632 g/mol. The molecule has 0 atom stereocenters. The van der Waals surface area contributed by atoms with E-state index < -0.39 is 0 Å². The first kappa shape index (κ1) is 15.8. The molecule has 0 fully saturated rings. The Labute approximate surface area is 46.9 Å². The summed E-state index contributed by atoms with van der Waals surface area (Å²) < 4.78 is 0. The molecule has 0 bridgehead atoms. The molecular weight excluding hydrogens is 618 g/mol. The van der Waals surface area contributed by atoms with Gasteiger partial charge < -0.3 is 12.8 Å². The van der Waals surface area contributed by atoms with E-state index >= 15 is 0 Å². The maximum absolute atomic E-state index is 2.31. The molecule has 0 aliphatic carbocycles. The van der Waals surface area contributed by atoms with Crippen molar-refractivity contribution in [2.45, 2.75) is 33.1 Å². The molecule has 2 heteroatoms. The smallest absolute Gasteiger partial charge is 0 e. The van der Waals surface area contributed by atoms with Crippen molar-refractivity contribution in [3.8, 4) is 0 Å². The molecule has 48 valence electrons. The fraction of sp³-hybridized carbons (Fsp3) is 0.714. The summed E-state index contributed by atoms with van der Waals surface area (Å²) in [6.45, 7) is 4.28. The molecule has 0 saturated carbocycles. The van der Waals surface area contributed by atoms with Gasteiger partial charge in [0.1, 0.15) is 0 Å². The Hall–Kier alpha value is -2.00. The first-order valence-electron chi connectivity index (χ1n) is 3.01. The normalized spacial score (nSPS) is 7.33. The van der Waals surface area contributed by atoms with Crippen molar-refractivity contribution in [1.82, 2.24) is 0 Å². The van der Waals surface area contributed by atoms with Gasteiger partial charge in [0.15, 0.2) is 0 Å². The molecule has 0 saturated heterocycles. The van der Waals surface area contributed by atoms with Gasteiger partial charge in [-0.25, -0.2) is 12.8 Å². The number of hydrogen-bond donors (Lipinski definition) is 0. The molecule has 0 aromatic rings. The van der Waals surface area contributed by atoms with E-state index in [1.54, 1.807) is 0 Å². The van der Waals surface area contributed by atoms with Crippen LogP contribution in [0.3, 0.4) is 0 Å². The molecule has 0 amide bonds. The Bertz CT molecular complexity index is 26.1. The second-order valence-corrected chi connectivity index (χ2v) is 1.68. The monoisotopic (exact) mass is 632 g/mol. The molecule has 0 N–H and O–H groups in total. The maximum atomic E-state index is 2.31. The predicted octanol–water partition coefficient (Wildman–Crippen LogP) is 2.61. The SMILES string of the molecule is C[CH-]CC[CH-]CC.[Rf].[Rf]. The van der Waals surface area contributed by atoms with Crippen LogP contribution in [-0.2, 0) is 0 Å². The first-order chi connectivity index (χ1) is 3.41. The molecule has 0 rings (SSSR count). The van der Waals surface area contributed by atoms with Crippen LogP contribution in [-0.4, -0.2) is 0 Å². The molecule has 9 heavy (non-hydrogen) atoms. The largest absolute Gasteiger partial charge is 0.334 e. The van der Waals surface area contributed by atoms with Crippen LogP contribution in [0.5, 0.6) is 0 Å². The van der Waals surface area contributed by atoms with Gasteiger partial charge in [-0.2, -0.15) is 13.3 Å². The summed E-state index contributed by atoms with van der Waals surface area (Å²) in [5.41, 5.74) is 0. The molecule has 0 aliphatic rings. The van der Waals surface area contributed by atoms with Crippen LogP contribution in [0.2, 0.25) is 0 Å². The van der Waals surface area contributed by atoms with Crippen molar-refractivity contribution < 1.29 is 0 Å². The minimum atomic E-state index is 0. The van der Waals surface area contributed by atoms with Gasteiger partial charge in [0.05, 0.1) is 0 Å². The summed E-state index contributed by atoms with van der Waals surface area (Å²) in [7, 11) is 0. The van der Waals surface area contributed by atoms with E-state index in [1.165, 1.54) is 19.3 Å². The van der Waals surface area contributed by atoms with E-state index in [0.717, 1.165) is 0 Å². The van der Waals surface area contributed by atoms with Gasteiger partial charge >= 0.3 is 0 Å². The molecule has 0 aromatic heterocycles. The van der Waals surface area contributed by atoms with E-state index in [-0.39, 0.29) is 0 Å². The van der Waals surface area contributed by atoms with Crippen molar-refractivity contribution in [2.75, 3.05) is 0 Å². The number of rotatable bonds is 4. The Morgan fingerprint density at radius 1 is 1.11 bits per heavy atom. The topological polar surface area (TPSA) is 0 Å². The Balaban J connectivity index is -0.000000180. The van der Waals surface area contributed by atoms with Crippen molar-refractivity contribution in [3.63, 3.8) is 0 Å².